The van der Waals surface area contributed by atoms with Gasteiger partial charge in [-0.25, -0.2) is 4.98 Å². The maximum absolute atomic E-state index is 4.80. The van der Waals surface area contributed by atoms with Crippen LogP contribution in [0.2, 0.25) is 0 Å². The van der Waals surface area contributed by atoms with Crippen molar-refractivity contribution in [1.82, 2.24) is 4.98 Å². The number of pyridine rings is 1. The van der Waals surface area contributed by atoms with Crippen molar-refractivity contribution in [2.75, 3.05) is 4.90 Å². The quantitative estimate of drug-likeness (QED) is 0.136. The normalized spacial score (nSPS) is 14.9. The van der Waals surface area contributed by atoms with E-state index in [1.165, 1.54) is 76.8 Å². The minimum absolute atomic E-state index is 0.0199. The lowest BCUT2D eigenvalue weighted by molar-refractivity contribution is 0.660. The van der Waals surface area contributed by atoms with Crippen molar-refractivity contribution < 1.29 is 0 Å². The zero-order valence-corrected chi connectivity index (χ0v) is 29.4. The Morgan fingerprint density at radius 3 is 1.92 bits per heavy atom. The van der Waals surface area contributed by atoms with E-state index in [9.17, 15) is 0 Å². The van der Waals surface area contributed by atoms with Gasteiger partial charge in [-0.15, -0.1) is 0 Å². The highest BCUT2D eigenvalue weighted by atomic mass is 15.2. The number of aromatic nitrogens is 1. The van der Waals surface area contributed by atoms with Crippen LogP contribution in [0.5, 0.6) is 0 Å². The lowest BCUT2D eigenvalue weighted by atomic mass is 9.81. The number of nitrogens with zero attached hydrogens (tertiary/aromatic N) is 2. The Kier molecular flexibility index (Phi) is 6.30. The molecule has 1 heterocycles. The van der Waals surface area contributed by atoms with Crippen molar-refractivity contribution >= 4 is 61.7 Å². The fraction of sp³-hybridized carbons (Fsp3) is 0.122. The van der Waals surface area contributed by atoms with Gasteiger partial charge in [0.2, 0.25) is 0 Å². The fourth-order valence-corrected chi connectivity index (χ4v) is 8.91. The van der Waals surface area contributed by atoms with Crippen LogP contribution in [-0.4, -0.2) is 4.98 Å². The van der Waals surface area contributed by atoms with Gasteiger partial charge in [0, 0.05) is 28.4 Å². The summed E-state index contributed by atoms with van der Waals surface area (Å²) in [4.78, 5) is 7.08. The smallest absolute Gasteiger partial charge is 0.137 e. The van der Waals surface area contributed by atoms with Gasteiger partial charge in [0.15, 0.2) is 0 Å². The van der Waals surface area contributed by atoms with E-state index in [1.807, 2.05) is 12.3 Å². The maximum atomic E-state index is 4.80. The molecule has 0 aliphatic heterocycles. The molecule has 2 nitrogen and oxygen atoms in total. The highest BCUT2D eigenvalue weighted by Crippen LogP contribution is 2.52. The first-order valence-electron chi connectivity index (χ1n) is 18.0. The lowest BCUT2D eigenvalue weighted by Gasteiger charge is -2.27. The van der Waals surface area contributed by atoms with E-state index in [0.717, 1.165) is 17.2 Å². The van der Waals surface area contributed by atoms with E-state index in [0.29, 0.717) is 0 Å². The van der Waals surface area contributed by atoms with Gasteiger partial charge in [-0.05, 0) is 119 Å². The second-order valence-corrected chi connectivity index (χ2v) is 15.3. The Hall–Kier alpha value is -5.99. The Balaban J connectivity index is 1.02. The number of hydrogen-bond donors (Lipinski definition) is 0. The van der Waals surface area contributed by atoms with E-state index in [1.54, 1.807) is 0 Å². The summed E-state index contributed by atoms with van der Waals surface area (Å²) in [5, 5.41) is 7.94. The minimum Gasteiger partial charge on any atom is -0.295 e. The SMILES string of the molecule is CC1(C)c2cc(C=Cc3cc4c5c(ccc6cccc(c65)C4(C)C)c3)ccc2-c2ccc(N(c3ccc4ccccc4c3)c3ccccn3)cc21. The molecule has 244 valence electrons. The van der Waals surface area contributed by atoms with Gasteiger partial charge >= 0.3 is 0 Å². The van der Waals surface area contributed by atoms with Gasteiger partial charge in [0.25, 0.3) is 0 Å². The molecule has 2 aliphatic carbocycles. The van der Waals surface area contributed by atoms with Gasteiger partial charge in [-0.1, -0.05) is 137 Å². The van der Waals surface area contributed by atoms with Crippen LogP contribution in [0.1, 0.15) is 61.1 Å². The van der Waals surface area contributed by atoms with E-state index >= 15 is 0 Å². The van der Waals surface area contributed by atoms with Crippen LogP contribution in [0, 0.1) is 0 Å². The van der Waals surface area contributed by atoms with Crippen molar-refractivity contribution in [3.8, 4) is 11.1 Å². The molecule has 2 heteroatoms. The summed E-state index contributed by atoms with van der Waals surface area (Å²) in [6.45, 7) is 9.46. The topological polar surface area (TPSA) is 16.1 Å². The molecule has 10 rings (SSSR count). The molecule has 0 saturated carbocycles. The van der Waals surface area contributed by atoms with E-state index in [2.05, 4.69) is 178 Å². The molecule has 0 radical (unpaired) electrons. The molecule has 2 aliphatic rings. The molecule has 0 amide bonds. The minimum atomic E-state index is -0.167. The van der Waals surface area contributed by atoms with Gasteiger partial charge < -0.3 is 0 Å². The summed E-state index contributed by atoms with van der Waals surface area (Å²) in [5.74, 6) is 0.900. The maximum Gasteiger partial charge on any atom is 0.137 e. The first kappa shape index (κ1) is 29.9. The number of benzene rings is 7. The third kappa shape index (κ3) is 4.46. The largest absolute Gasteiger partial charge is 0.295 e. The van der Waals surface area contributed by atoms with Crippen LogP contribution in [0.25, 0.3) is 55.6 Å². The predicted octanol–water partition coefficient (Wildman–Crippen LogP) is 13.1. The van der Waals surface area contributed by atoms with Crippen LogP contribution >= 0.6 is 0 Å². The van der Waals surface area contributed by atoms with Gasteiger partial charge in [-0.2, -0.15) is 0 Å². The van der Waals surface area contributed by atoms with Crippen molar-refractivity contribution in [3.05, 3.63) is 179 Å². The Morgan fingerprint density at radius 1 is 0.451 bits per heavy atom. The molecule has 8 aromatic rings. The van der Waals surface area contributed by atoms with Gasteiger partial charge in [0.05, 0.1) is 0 Å². The van der Waals surface area contributed by atoms with Crippen LogP contribution in [0.3, 0.4) is 0 Å². The van der Waals surface area contributed by atoms with Gasteiger partial charge in [-0.3, -0.25) is 4.90 Å². The van der Waals surface area contributed by atoms with E-state index in [4.69, 9.17) is 4.98 Å². The first-order chi connectivity index (χ1) is 24.8. The van der Waals surface area contributed by atoms with Crippen molar-refractivity contribution in [2.45, 2.75) is 38.5 Å². The molecule has 0 unspecified atom stereocenters. The molecule has 0 saturated heterocycles. The van der Waals surface area contributed by atoms with Gasteiger partial charge in [0.1, 0.15) is 5.82 Å². The molecule has 0 fully saturated rings. The van der Waals surface area contributed by atoms with Crippen molar-refractivity contribution in [1.29, 1.82) is 0 Å². The Labute approximate surface area is 299 Å². The number of anilines is 3. The zero-order valence-electron chi connectivity index (χ0n) is 29.4. The molecule has 0 atom stereocenters. The highest BCUT2D eigenvalue weighted by Gasteiger charge is 2.37. The summed E-state index contributed by atoms with van der Waals surface area (Å²) < 4.78 is 0. The third-order valence-electron chi connectivity index (χ3n) is 11.6. The molecule has 1 aromatic heterocycles. The van der Waals surface area contributed by atoms with Crippen molar-refractivity contribution in [3.63, 3.8) is 0 Å². The average Bonchev–Trinajstić information content (AvgIpc) is 3.53. The van der Waals surface area contributed by atoms with E-state index < -0.39 is 0 Å². The number of rotatable bonds is 5. The van der Waals surface area contributed by atoms with E-state index in [-0.39, 0.29) is 10.8 Å². The van der Waals surface area contributed by atoms with Crippen LogP contribution in [0.4, 0.5) is 17.2 Å². The molecule has 7 aromatic carbocycles. The first-order valence-corrected chi connectivity index (χ1v) is 18.0. The van der Waals surface area contributed by atoms with Crippen LogP contribution in [-0.2, 0) is 10.8 Å². The molecule has 51 heavy (non-hydrogen) atoms. The second-order valence-electron chi connectivity index (χ2n) is 15.3. The summed E-state index contributed by atoms with van der Waals surface area (Å²) in [6.07, 6.45) is 6.45. The molecule has 0 spiro atoms. The Morgan fingerprint density at radius 2 is 1.08 bits per heavy atom. The summed E-state index contributed by atoms with van der Waals surface area (Å²) in [7, 11) is 0. The third-order valence-corrected chi connectivity index (χ3v) is 11.6. The van der Waals surface area contributed by atoms with Crippen molar-refractivity contribution in [2.24, 2.45) is 0 Å². The summed E-state index contributed by atoms with van der Waals surface area (Å²) >= 11 is 0. The predicted molar refractivity (Wildman–Crippen MR) is 216 cm³/mol. The number of hydrogen-bond acceptors (Lipinski definition) is 2. The fourth-order valence-electron chi connectivity index (χ4n) is 8.91. The Bertz CT molecular complexity index is 2750. The standard InChI is InChI=1S/C49H38N2/c1-48(2)41-13-9-12-34-18-19-36-26-32(28-44(48)47(36)46(34)41)16-15-31-17-23-39-40-24-22-38(30-43(40)49(3,4)42(39)27-31)51(45-14-7-8-25-50-45)37-21-20-33-10-5-6-11-35(33)29-37/h5-30H,1-4H3. The number of fused-ring (bicyclic) bond motifs is 4. The average molecular weight is 655 g/mol. The van der Waals surface area contributed by atoms with Crippen LogP contribution < -0.4 is 4.90 Å². The second kappa shape index (κ2) is 10.8. The molecular formula is C49H38N2. The monoisotopic (exact) mass is 654 g/mol. The highest BCUT2D eigenvalue weighted by molar-refractivity contribution is 6.15. The molecular weight excluding hydrogens is 617 g/mol. The van der Waals surface area contributed by atoms with Crippen LogP contribution in [0.15, 0.2) is 146 Å². The zero-order chi connectivity index (χ0) is 34.5. The summed E-state index contributed by atoms with van der Waals surface area (Å²) in [6, 6.07) is 51.3. The molecule has 0 bridgehead atoms. The lowest BCUT2D eigenvalue weighted by Crippen LogP contribution is -2.17. The molecule has 0 N–H and O–H groups in total. The summed E-state index contributed by atoms with van der Waals surface area (Å²) in [5.41, 5.74) is 12.7.